The third-order valence-electron chi connectivity index (χ3n) is 23.4. The summed E-state index contributed by atoms with van der Waals surface area (Å²) < 4.78 is 45.2. The summed E-state index contributed by atoms with van der Waals surface area (Å²) in [7, 11) is 9.47. The van der Waals surface area contributed by atoms with Crippen molar-refractivity contribution in [1.29, 1.82) is 0 Å². The molecule has 0 N–H and O–H groups in total. The number of nitrogens with zero attached hydrogens (tertiary/aromatic N) is 3. The first-order valence-corrected chi connectivity index (χ1v) is 40.6. The number of quaternary nitrogens is 2. The second-order valence-electron chi connectivity index (χ2n) is 34.7. The number of piperidine rings is 2. The zero-order chi connectivity index (χ0) is 75.0. The molecule has 9 aliphatic heterocycles. The molecule has 0 radical (unpaired) electrons. The number of pyridine rings is 1. The molecule has 10 nitrogen and oxygen atoms in total. The number of fused-ring (bicyclic) bond motifs is 4. The predicted octanol–water partition coefficient (Wildman–Crippen LogP) is 20.3. The minimum atomic E-state index is -0.197. The Kier molecular flexibility index (Phi) is 24.1. The monoisotopic (exact) mass is 1480 g/mol. The smallest absolute Gasteiger partial charge is 0.173 e. The molecule has 18 rings (SSSR count). The lowest BCUT2D eigenvalue weighted by Gasteiger charge is -2.45. The number of benzene rings is 8. The Morgan fingerprint density at radius 1 is 0.495 bits per heavy atom. The van der Waals surface area contributed by atoms with Gasteiger partial charge in [0, 0.05) is 59.2 Å². The van der Waals surface area contributed by atoms with Crippen LogP contribution in [0.25, 0.3) is 5.76 Å². The highest BCUT2D eigenvalue weighted by Gasteiger charge is 2.43. The summed E-state index contributed by atoms with van der Waals surface area (Å²) in [5, 5.41) is 16.6. The molecule has 8 aromatic carbocycles. The molecular weight excluding hydrogens is 1360 g/mol. The summed E-state index contributed by atoms with van der Waals surface area (Å²) in [6.07, 6.45) is 16.1. The van der Waals surface area contributed by atoms with E-state index in [2.05, 4.69) is 227 Å². The zero-order valence-corrected chi connectivity index (χ0v) is 67.0. The number of rotatable bonds is 5. The van der Waals surface area contributed by atoms with Gasteiger partial charge in [0.15, 0.2) is 18.9 Å². The first-order chi connectivity index (χ1) is 51.3. The molecule has 1 aromatic heterocycles. The molecule has 0 saturated carbocycles. The van der Waals surface area contributed by atoms with Crippen LogP contribution in [0.2, 0.25) is 5.02 Å². The van der Waals surface area contributed by atoms with E-state index in [0.29, 0.717) is 68.4 Å². The molecule has 562 valence electrons. The van der Waals surface area contributed by atoms with Crippen LogP contribution in [0.1, 0.15) is 190 Å². The topological polar surface area (TPSA) is 82.3 Å². The molecular formula is C95H114ClN3O7S+2. The SMILES string of the molecule is Cc1cc2c(S/C=C(\[O-])c3cc[n+](Cc4ccc(Cl)cc4)cc3)c(c1)OCC1CCCCC(CCCCc3ccc(cc3)C3(CC[N+](C)(C)CC3)c3ccc(cc3)OCc3cc(cc(C(C)(C)C)c3)COc3ccc(cc3)C3(CC[N+](C)(C)CC3)c3ccc(cc3)OCc3cc(cc(C(C)(C)C)c3)CO1)CO2. The first kappa shape index (κ1) is 77.1. The van der Waals surface area contributed by atoms with Gasteiger partial charge in [-0.3, -0.25) is 0 Å². The first-order valence-electron chi connectivity index (χ1n) is 39.3. The van der Waals surface area contributed by atoms with E-state index in [4.69, 9.17) is 40.0 Å². The zero-order valence-electron chi connectivity index (χ0n) is 65.5. The fraction of sp³-hybridized carbons (Fsp3) is 0.421. The molecule has 107 heavy (non-hydrogen) atoms. The van der Waals surface area contributed by atoms with Crippen molar-refractivity contribution in [3.8, 4) is 28.7 Å². The largest absolute Gasteiger partial charge is 0.872 e. The Labute approximate surface area is 648 Å². The van der Waals surface area contributed by atoms with Crippen molar-refractivity contribution in [2.75, 3.05) is 67.6 Å². The van der Waals surface area contributed by atoms with Crippen LogP contribution in [0.3, 0.4) is 0 Å². The van der Waals surface area contributed by atoms with E-state index >= 15 is 0 Å². The van der Waals surface area contributed by atoms with E-state index in [9.17, 15) is 5.11 Å². The van der Waals surface area contributed by atoms with Gasteiger partial charge in [0.25, 0.3) is 0 Å². The average Bonchev–Trinajstić information content (AvgIpc) is 0.787. The quantitative estimate of drug-likeness (QED) is 0.0730. The summed E-state index contributed by atoms with van der Waals surface area (Å²) in [6, 6.07) is 66.2. The van der Waals surface area contributed by atoms with Crippen LogP contribution in [-0.2, 0) is 65.8 Å². The molecule has 9 aromatic rings. The van der Waals surface area contributed by atoms with E-state index in [0.717, 1.165) is 173 Å². The van der Waals surface area contributed by atoms with Crippen LogP contribution in [0.4, 0.5) is 0 Å². The Bertz CT molecular complexity index is 4460. The predicted molar refractivity (Wildman–Crippen MR) is 434 cm³/mol. The molecule has 16 bridgehead atoms. The van der Waals surface area contributed by atoms with Crippen molar-refractivity contribution < 1.29 is 47.1 Å². The maximum absolute atomic E-state index is 14.2. The number of likely N-dealkylation sites (tertiary alicyclic amines) is 2. The highest BCUT2D eigenvalue weighted by atomic mass is 35.5. The van der Waals surface area contributed by atoms with Crippen molar-refractivity contribution in [1.82, 2.24) is 0 Å². The second kappa shape index (κ2) is 33.4. The third kappa shape index (κ3) is 19.9. The minimum Gasteiger partial charge on any atom is -0.872 e. The van der Waals surface area contributed by atoms with Crippen LogP contribution in [0.15, 0.2) is 205 Å². The van der Waals surface area contributed by atoms with Crippen LogP contribution >= 0.6 is 23.4 Å². The maximum atomic E-state index is 14.2. The molecule has 2 spiro atoms. The average molecular weight is 1480 g/mol. The van der Waals surface area contributed by atoms with Crippen molar-refractivity contribution in [3.05, 3.63) is 283 Å². The highest BCUT2D eigenvalue weighted by Crippen LogP contribution is 2.47. The minimum absolute atomic E-state index is 0.0613. The van der Waals surface area contributed by atoms with E-state index in [-0.39, 0.29) is 33.5 Å². The fourth-order valence-corrected chi connectivity index (χ4v) is 17.2. The molecule has 2 saturated heterocycles. The van der Waals surface area contributed by atoms with Gasteiger partial charge in [0.05, 0.1) is 78.6 Å². The van der Waals surface area contributed by atoms with Crippen LogP contribution < -0.4 is 33.4 Å². The van der Waals surface area contributed by atoms with Gasteiger partial charge in [-0.25, -0.2) is 4.57 Å². The van der Waals surface area contributed by atoms with Crippen molar-refractivity contribution in [2.24, 2.45) is 5.92 Å². The molecule has 0 amide bonds. The van der Waals surface area contributed by atoms with Gasteiger partial charge in [-0.15, -0.1) is 0 Å². The summed E-state index contributed by atoms with van der Waals surface area (Å²) >= 11 is 7.57. The Hall–Kier alpha value is -8.03. The van der Waals surface area contributed by atoms with Crippen molar-refractivity contribution in [3.63, 3.8) is 0 Å². The van der Waals surface area contributed by atoms with Crippen LogP contribution in [0.5, 0.6) is 28.7 Å². The number of halogens is 1. The fourth-order valence-electron chi connectivity index (χ4n) is 16.2. The van der Waals surface area contributed by atoms with Gasteiger partial charge >= 0.3 is 0 Å². The number of aryl methyl sites for hydroxylation is 2. The summed E-state index contributed by atoms with van der Waals surface area (Å²) in [5.74, 6) is 4.25. The number of ether oxygens (including phenoxy) is 6. The van der Waals surface area contributed by atoms with Crippen molar-refractivity contribution in [2.45, 2.75) is 191 Å². The molecule has 12 heteroatoms. The normalized spacial score (nSPS) is 19.6. The molecule has 2 unspecified atom stereocenters. The molecule has 0 aliphatic carbocycles. The van der Waals surface area contributed by atoms with Crippen LogP contribution in [0, 0.1) is 12.8 Å². The third-order valence-corrected chi connectivity index (χ3v) is 24.6. The van der Waals surface area contributed by atoms with Gasteiger partial charge in [0.1, 0.15) is 55.2 Å². The summed E-state index contributed by atoms with van der Waals surface area (Å²) in [5.41, 5.74) is 16.1. The van der Waals surface area contributed by atoms with Crippen molar-refractivity contribution >= 4 is 29.1 Å². The van der Waals surface area contributed by atoms with Gasteiger partial charge < -0.3 is 42.5 Å². The Balaban J connectivity index is 0.795. The number of hydrogen-bond acceptors (Lipinski definition) is 8. The van der Waals surface area contributed by atoms with Gasteiger partial charge in [-0.05, 0) is 200 Å². The lowest BCUT2D eigenvalue weighted by atomic mass is 9.67. The van der Waals surface area contributed by atoms with E-state index < -0.39 is 0 Å². The molecule has 9 aliphatic rings. The van der Waals surface area contributed by atoms with Gasteiger partial charge in [-0.1, -0.05) is 193 Å². The molecule has 2 atom stereocenters. The maximum Gasteiger partial charge on any atom is 0.173 e. The van der Waals surface area contributed by atoms with E-state index in [1.807, 2.05) is 48.8 Å². The highest BCUT2D eigenvalue weighted by molar-refractivity contribution is 8.02. The lowest BCUT2D eigenvalue weighted by molar-refractivity contribution is -0.896. The lowest BCUT2D eigenvalue weighted by Crippen LogP contribution is -2.51. The van der Waals surface area contributed by atoms with E-state index in [1.165, 1.54) is 50.7 Å². The number of aromatic nitrogens is 1. The molecule has 2 fully saturated rings. The summed E-state index contributed by atoms with van der Waals surface area (Å²) in [6.45, 7) is 23.5. The van der Waals surface area contributed by atoms with Gasteiger partial charge in [-0.2, -0.15) is 0 Å². The summed E-state index contributed by atoms with van der Waals surface area (Å²) in [4.78, 5) is 0.795. The number of hydrogen-bond donors (Lipinski definition) is 0. The Morgan fingerprint density at radius 2 is 0.916 bits per heavy atom. The molecule has 10 heterocycles. The standard InChI is InChI=1S/C95H114ClN3O7S/c1-68-52-89-91(107-67-88(100)76-40-46-97(47-41-76)60-70-22-32-83(96)33-23-70)90(53-68)106-66-87-19-15-14-18-71(61-105-89)17-13-12-16-69-20-24-77(25-21-69)94(42-48-98(8,9)49-43-94)78-26-34-84(35-27-78)101-62-72-54-73(57-81(56-72)92(2,3)4)63-102-85-36-28-79(29-37-85)95(44-50-99(10,11)51-45-95)80-30-38-86(39-31-80)103-64-74-55-75(65-104-87)59-82(58-74)93(5,6)7/h20-41,46-47,52-59,67,71,87H,12-19,42-45,48-51,60-66H2,1-11H3/q+2/b88-67-. The van der Waals surface area contributed by atoms with E-state index in [1.54, 1.807) is 5.41 Å². The second-order valence-corrected chi connectivity index (χ2v) is 36.0. The van der Waals surface area contributed by atoms with Gasteiger partial charge in [0.2, 0.25) is 0 Å². The van der Waals surface area contributed by atoms with Crippen LogP contribution in [-0.4, -0.2) is 82.7 Å². The number of thioether (sulfide) groups is 1. The Morgan fingerprint density at radius 3 is 1.37 bits per heavy atom.